The molecule has 0 aromatic carbocycles. The lowest BCUT2D eigenvalue weighted by Crippen LogP contribution is -2.42. The van der Waals surface area contributed by atoms with Crippen molar-refractivity contribution < 1.29 is 4.42 Å². The molecule has 0 radical (unpaired) electrons. The average molecular weight is 230 g/mol. The normalized spacial score (nSPS) is 9.93. The second kappa shape index (κ2) is 5.01. The van der Waals surface area contributed by atoms with Crippen molar-refractivity contribution >= 4 is 34.4 Å². The molecule has 0 atom stereocenters. The van der Waals surface area contributed by atoms with Crippen LogP contribution in [0.2, 0.25) is 0 Å². The number of hydrogen-bond donors (Lipinski definition) is 4. The van der Waals surface area contributed by atoms with Crippen molar-refractivity contribution in [1.82, 2.24) is 10.9 Å². The fourth-order valence-corrected chi connectivity index (χ4v) is 1.54. The van der Waals surface area contributed by atoms with Crippen molar-refractivity contribution in [3.05, 3.63) is 24.2 Å². The van der Waals surface area contributed by atoms with E-state index in [2.05, 4.69) is 10.9 Å². The van der Waals surface area contributed by atoms with Gasteiger partial charge in [-0.25, -0.2) is 11.7 Å². The largest absolute Gasteiger partial charge is 0.468 e. The van der Waals surface area contributed by atoms with Gasteiger partial charge in [-0.2, -0.15) is 0 Å². The van der Waals surface area contributed by atoms with E-state index in [1.54, 1.807) is 12.1 Å². The van der Waals surface area contributed by atoms with Crippen LogP contribution in [0.15, 0.2) is 22.8 Å². The van der Waals surface area contributed by atoms with Crippen molar-refractivity contribution in [2.75, 3.05) is 0 Å². The summed E-state index contributed by atoms with van der Waals surface area (Å²) < 4.78 is 5.18. The summed E-state index contributed by atoms with van der Waals surface area (Å²) in [5.74, 6) is 10.6. The predicted octanol–water partition coefficient (Wildman–Crippen LogP) is -0.0554. The zero-order valence-corrected chi connectivity index (χ0v) is 8.82. The van der Waals surface area contributed by atoms with Gasteiger partial charge < -0.3 is 15.3 Å². The van der Waals surface area contributed by atoms with E-state index in [4.69, 9.17) is 40.5 Å². The van der Waals surface area contributed by atoms with E-state index in [1.165, 1.54) is 6.26 Å². The average Bonchev–Trinajstić information content (AvgIpc) is 2.70. The number of rotatable bonds is 3. The molecule has 0 aliphatic heterocycles. The molecule has 1 aromatic heterocycles. The zero-order valence-electron chi connectivity index (χ0n) is 7.19. The van der Waals surface area contributed by atoms with Crippen molar-refractivity contribution in [2.45, 2.75) is 5.92 Å². The van der Waals surface area contributed by atoms with Crippen LogP contribution in [-0.4, -0.2) is 9.98 Å². The summed E-state index contributed by atoms with van der Waals surface area (Å²) in [5, 5.41) is 0. The Balaban J connectivity index is 2.94. The van der Waals surface area contributed by atoms with Crippen LogP contribution in [0.1, 0.15) is 11.7 Å². The molecular weight excluding hydrogens is 220 g/mol. The highest BCUT2D eigenvalue weighted by molar-refractivity contribution is 7.82. The third-order valence-electron chi connectivity index (χ3n) is 1.64. The lowest BCUT2D eigenvalue weighted by molar-refractivity contribution is 0.517. The van der Waals surface area contributed by atoms with Gasteiger partial charge in [0.25, 0.3) is 0 Å². The number of furan rings is 1. The molecule has 0 saturated heterocycles. The third-order valence-corrected chi connectivity index (χ3v) is 2.34. The molecule has 1 rings (SSSR count). The zero-order chi connectivity index (χ0) is 10.6. The maximum atomic E-state index is 5.21. The number of hydrazine groups is 2. The van der Waals surface area contributed by atoms with Gasteiger partial charge in [-0.3, -0.25) is 0 Å². The van der Waals surface area contributed by atoms with Crippen molar-refractivity contribution in [3.8, 4) is 0 Å². The Morgan fingerprint density at radius 1 is 1.29 bits per heavy atom. The molecule has 5 nitrogen and oxygen atoms in total. The monoisotopic (exact) mass is 230 g/mol. The molecule has 0 unspecified atom stereocenters. The van der Waals surface area contributed by atoms with Gasteiger partial charge in [0.1, 0.15) is 21.7 Å². The Morgan fingerprint density at radius 2 is 1.86 bits per heavy atom. The van der Waals surface area contributed by atoms with Crippen LogP contribution in [-0.2, 0) is 0 Å². The summed E-state index contributed by atoms with van der Waals surface area (Å²) in [6.45, 7) is 0. The molecule has 76 valence electrons. The number of hydrogen-bond acceptors (Lipinski definition) is 5. The van der Waals surface area contributed by atoms with E-state index < -0.39 is 5.92 Å². The molecule has 0 bridgehead atoms. The van der Waals surface area contributed by atoms with Crippen LogP contribution >= 0.6 is 24.4 Å². The number of thiocarbonyl (C=S) groups is 2. The molecule has 0 saturated carbocycles. The molecule has 0 amide bonds. The van der Waals surface area contributed by atoms with Gasteiger partial charge in [-0.1, -0.05) is 24.4 Å². The maximum Gasteiger partial charge on any atom is 0.120 e. The van der Waals surface area contributed by atoms with Gasteiger partial charge in [-0.05, 0) is 12.1 Å². The van der Waals surface area contributed by atoms with E-state index in [9.17, 15) is 0 Å². The smallest absolute Gasteiger partial charge is 0.120 e. The summed E-state index contributed by atoms with van der Waals surface area (Å²) in [6, 6.07) is 3.48. The van der Waals surface area contributed by atoms with Crippen LogP contribution in [0.3, 0.4) is 0 Å². The van der Waals surface area contributed by atoms with Gasteiger partial charge >= 0.3 is 0 Å². The second-order valence-corrected chi connectivity index (χ2v) is 3.35. The summed E-state index contributed by atoms with van der Waals surface area (Å²) in [7, 11) is 0. The SMILES string of the molecule is NNC(=S)C(C(=S)NN)c1ccco1. The van der Waals surface area contributed by atoms with Crippen LogP contribution in [0.5, 0.6) is 0 Å². The Bertz CT molecular complexity index is 308. The highest BCUT2D eigenvalue weighted by Crippen LogP contribution is 2.18. The van der Waals surface area contributed by atoms with E-state index in [0.29, 0.717) is 15.7 Å². The molecule has 14 heavy (non-hydrogen) atoms. The quantitative estimate of drug-likeness (QED) is 0.329. The second-order valence-electron chi connectivity index (χ2n) is 2.47. The van der Waals surface area contributed by atoms with Crippen molar-refractivity contribution in [2.24, 2.45) is 11.7 Å². The van der Waals surface area contributed by atoms with E-state index in [-0.39, 0.29) is 0 Å². The Hall–Kier alpha value is -1.02. The lowest BCUT2D eigenvalue weighted by atomic mass is 10.1. The Labute approximate surface area is 91.8 Å². The van der Waals surface area contributed by atoms with Gasteiger partial charge in [0, 0.05) is 0 Å². The summed E-state index contributed by atoms with van der Waals surface area (Å²) >= 11 is 9.98. The van der Waals surface area contributed by atoms with Crippen LogP contribution in [0, 0.1) is 0 Å². The minimum atomic E-state index is -0.426. The van der Waals surface area contributed by atoms with Gasteiger partial charge in [0.2, 0.25) is 0 Å². The first-order valence-electron chi connectivity index (χ1n) is 3.75. The van der Waals surface area contributed by atoms with Crippen LogP contribution in [0.25, 0.3) is 0 Å². The van der Waals surface area contributed by atoms with E-state index >= 15 is 0 Å². The maximum absolute atomic E-state index is 5.21. The first-order chi connectivity index (χ1) is 6.70. The minimum Gasteiger partial charge on any atom is -0.468 e. The molecule has 0 spiro atoms. The summed E-state index contributed by atoms with van der Waals surface area (Å²) in [5.41, 5.74) is 4.71. The fourth-order valence-electron chi connectivity index (χ4n) is 1.000. The van der Waals surface area contributed by atoms with Crippen molar-refractivity contribution in [1.29, 1.82) is 0 Å². The predicted molar refractivity (Wildman–Crippen MR) is 61.3 cm³/mol. The molecule has 0 aliphatic rings. The topological polar surface area (TPSA) is 89.2 Å². The fraction of sp³-hybridized carbons (Fsp3) is 0.143. The molecule has 6 N–H and O–H groups in total. The summed E-state index contributed by atoms with van der Waals surface area (Å²) in [6.07, 6.45) is 1.53. The highest BCUT2D eigenvalue weighted by atomic mass is 32.1. The van der Waals surface area contributed by atoms with Gasteiger partial charge in [-0.15, -0.1) is 0 Å². The standard InChI is InChI=1S/C7H10N4OS2/c8-10-6(13)5(7(14)11-9)4-2-1-3-12-4/h1-3,5H,8-9H2,(H,10,13)(H,11,14). The van der Waals surface area contributed by atoms with E-state index in [0.717, 1.165) is 0 Å². The molecule has 7 heteroatoms. The van der Waals surface area contributed by atoms with Crippen LogP contribution < -0.4 is 22.5 Å². The molecule has 0 fully saturated rings. The van der Waals surface area contributed by atoms with Gasteiger partial charge in [0.15, 0.2) is 0 Å². The van der Waals surface area contributed by atoms with Crippen LogP contribution in [0.4, 0.5) is 0 Å². The Kier molecular flexibility index (Phi) is 3.96. The molecule has 0 aliphatic carbocycles. The Morgan fingerprint density at radius 3 is 2.21 bits per heavy atom. The highest BCUT2D eigenvalue weighted by Gasteiger charge is 2.23. The summed E-state index contributed by atoms with van der Waals surface area (Å²) in [4.78, 5) is 0.700. The first kappa shape index (κ1) is 11.1. The van der Waals surface area contributed by atoms with Crippen molar-refractivity contribution in [3.63, 3.8) is 0 Å². The minimum absolute atomic E-state index is 0.350. The molecule has 1 aromatic rings. The van der Waals surface area contributed by atoms with Gasteiger partial charge in [0.05, 0.1) is 6.26 Å². The third kappa shape index (κ3) is 2.26. The first-order valence-corrected chi connectivity index (χ1v) is 4.56. The molecule has 1 heterocycles. The number of nitrogens with one attached hydrogen (secondary N) is 2. The van der Waals surface area contributed by atoms with E-state index in [1.807, 2.05) is 0 Å². The lowest BCUT2D eigenvalue weighted by Gasteiger charge is -2.15. The number of nitrogens with two attached hydrogens (primary N) is 2. The molecular formula is C7H10N4OS2.